The van der Waals surface area contributed by atoms with Gasteiger partial charge in [-0.2, -0.15) is 0 Å². The zero-order chi connectivity index (χ0) is 15.8. The van der Waals surface area contributed by atoms with Crippen molar-refractivity contribution in [3.63, 3.8) is 0 Å². The van der Waals surface area contributed by atoms with Gasteiger partial charge in [-0.1, -0.05) is 27.7 Å². The van der Waals surface area contributed by atoms with E-state index in [1.165, 1.54) is 6.92 Å². The van der Waals surface area contributed by atoms with Gasteiger partial charge in [0, 0.05) is 21.1 Å². The average molecular weight is 411 g/mol. The Morgan fingerprint density at radius 1 is 1.71 bits per heavy atom. The van der Waals surface area contributed by atoms with Crippen LogP contribution in [0, 0.1) is 6.92 Å². The Kier molecular flexibility index (Phi) is 4.37. The Morgan fingerprint density at radius 2 is 2.38 bits per heavy atom. The van der Waals surface area contributed by atoms with Crippen molar-refractivity contribution >= 4 is 22.6 Å². The molecule has 0 radical (unpaired) electrons. The Morgan fingerprint density at radius 3 is 2.95 bits per heavy atom. The first-order valence-electron chi connectivity index (χ1n) is 5.80. The molecule has 2 heterocycles. The molecule has 0 unspecified atom stereocenters. The van der Waals surface area contributed by atoms with Crippen LogP contribution in [0.2, 0.25) is 0 Å². The number of nitrogens with zero attached hydrogens (tertiary/aromatic N) is 4. The normalized spacial score (nSPS) is 31.9. The largest absolute Gasteiger partial charge is 0.387 e. The molecule has 0 bridgehead atoms. The van der Waals surface area contributed by atoms with Gasteiger partial charge in [0.05, 0.1) is 0 Å². The van der Waals surface area contributed by atoms with E-state index in [1.807, 2.05) is 4.98 Å². The summed E-state index contributed by atoms with van der Waals surface area (Å²) in [6.45, 7) is 1.44. The number of hydrogen-bond acceptors (Lipinski definition) is 5. The number of aliphatic hydroxyl groups excluding tert-OH is 1. The molecule has 1 aliphatic rings. The minimum Gasteiger partial charge on any atom is -0.387 e. The molecule has 2 N–H and O–H groups in total. The molecule has 0 spiro atoms. The van der Waals surface area contributed by atoms with Gasteiger partial charge in [-0.3, -0.25) is 14.3 Å². The maximum Gasteiger partial charge on any atom is 0.330 e. The van der Waals surface area contributed by atoms with Gasteiger partial charge < -0.3 is 9.84 Å². The van der Waals surface area contributed by atoms with Gasteiger partial charge in [-0.05, 0) is 12.5 Å². The van der Waals surface area contributed by atoms with Crippen LogP contribution >= 0.6 is 22.6 Å². The lowest BCUT2D eigenvalue weighted by Crippen LogP contribution is -2.41. The molecule has 0 aliphatic carbocycles. The first kappa shape index (κ1) is 15.9. The topological polar surface area (TPSA) is 133 Å². The molecule has 1 fully saturated rings. The van der Waals surface area contributed by atoms with Crippen molar-refractivity contribution in [1.82, 2.24) is 9.55 Å². The highest BCUT2D eigenvalue weighted by molar-refractivity contribution is 14.1. The third-order valence-electron chi connectivity index (χ3n) is 3.19. The number of nitrogens with one attached hydrogen (secondary N) is 1. The van der Waals surface area contributed by atoms with Crippen LogP contribution in [-0.2, 0) is 4.74 Å². The summed E-state index contributed by atoms with van der Waals surface area (Å²) in [5.41, 5.74) is 5.44. The smallest absolute Gasteiger partial charge is 0.330 e. The average Bonchev–Trinajstić information content (AvgIpc) is 2.69. The van der Waals surface area contributed by atoms with E-state index in [4.69, 9.17) is 10.3 Å². The molecule has 11 heteroatoms. The van der Waals surface area contributed by atoms with Crippen molar-refractivity contribution in [1.29, 1.82) is 0 Å². The molecule has 1 aromatic rings. The van der Waals surface area contributed by atoms with Crippen molar-refractivity contribution in [2.45, 2.75) is 31.2 Å². The van der Waals surface area contributed by atoms with E-state index in [9.17, 15) is 19.1 Å². The summed E-state index contributed by atoms with van der Waals surface area (Å²) in [6.07, 6.45) is -4.09. The third kappa shape index (κ3) is 2.57. The monoisotopic (exact) mass is 411 g/mol. The Hall–Kier alpha value is -1.43. The van der Waals surface area contributed by atoms with Crippen LogP contribution in [0.25, 0.3) is 10.4 Å². The predicted octanol–water partition coefficient (Wildman–Crippen LogP) is 0.514. The van der Waals surface area contributed by atoms with Crippen LogP contribution in [0.1, 0.15) is 11.8 Å². The fourth-order valence-electron chi connectivity index (χ4n) is 2.03. The summed E-state index contributed by atoms with van der Waals surface area (Å²) in [5, 5.41) is 13.3. The van der Waals surface area contributed by atoms with Crippen LogP contribution in [0.15, 0.2) is 20.9 Å². The van der Waals surface area contributed by atoms with Crippen LogP contribution < -0.4 is 11.2 Å². The fourth-order valence-corrected chi connectivity index (χ4v) is 2.81. The number of alkyl halides is 2. The highest BCUT2D eigenvalue weighted by Crippen LogP contribution is 2.40. The molecule has 0 aromatic carbocycles. The van der Waals surface area contributed by atoms with Gasteiger partial charge >= 0.3 is 5.69 Å². The molecule has 114 valence electrons. The number of halogens is 2. The van der Waals surface area contributed by atoms with Gasteiger partial charge in [0.1, 0.15) is 6.10 Å². The van der Waals surface area contributed by atoms with Crippen molar-refractivity contribution in [3.05, 3.63) is 43.0 Å². The van der Waals surface area contributed by atoms with E-state index >= 15 is 0 Å². The maximum atomic E-state index is 14.3. The van der Waals surface area contributed by atoms with Crippen molar-refractivity contribution in [2.24, 2.45) is 5.11 Å². The number of aromatic amines is 1. The predicted molar refractivity (Wildman–Crippen MR) is 77.8 cm³/mol. The van der Waals surface area contributed by atoms with Gasteiger partial charge in [0.15, 0.2) is 18.1 Å². The highest BCUT2D eigenvalue weighted by Gasteiger charge is 2.55. The Bertz CT molecular complexity index is 714. The quantitative estimate of drug-likeness (QED) is 0.247. The SMILES string of the molecule is Cc1cn([C@@H]2O[C@@](CI)(N=[N+]=[N-])[C@@H](O)[C@@H]2F)c(=O)[nH]c1=O. The van der Waals surface area contributed by atoms with Crippen molar-refractivity contribution in [2.75, 3.05) is 4.43 Å². The van der Waals surface area contributed by atoms with Crippen LogP contribution in [0.4, 0.5) is 4.39 Å². The third-order valence-corrected chi connectivity index (χ3v) is 4.28. The standard InChI is InChI=1S/C10H11FIN5O4/c1-4-2-17(9(20)14-7(4)19)8-5(11)6(18)10(3-12,21-8)15-16-13/h2,5-6,8,18H,3H2,1H3,(H,14,19,20)/t5-,6-,8+,10+/m0/s1. The minimum absolute atomic E-state index is 0.00993. The summed E-state index contributed by atoms with van der Waals surface area (Å²) in [4.78, 5) is 27.6. The zero-order valence-corrected chi connectivity index (χ0v) is 12.9. The number of hydrogen-bond donors (Lipinski definition) is 2. The van der Waals surface area contributed by atoms with E-state index in [0.717, 1.165) is 10.8 Å². The number of aromatic nitrogens is 2. The van der Waals surface area contributed by atoms with Gasteiger partial charge in [0.2, 0.25) is 0 Å². The Balaban J connectivity index is 2.52. The molecule has 1 saturated heterocycles. The van der Waals surface area contributed by atoms with Crippen molar-refractivity contribution in [3.8, 4) is 0 Å². The highest BCUT2D eigenvalue weighted by atomic mass is 127. The van der Waals surface area contributed by atoms with E-state index in [2.05, 4.69) is 10.0 Å². The number of aliphatic hydroxyl groups is 1. The van der Waals surface area contributed by atoms with Gasteiger partial charge in [-0.15, -0.1) is 0 Å². The molecule has 4 atom stereocenters. The fraction of sp³-hybridized carbons (Fsp3) is 0.600. The summed E-state index contributed by atoms with van der Waals surface area (Å²) in [7, 11) is 0. The molecule has 1 aromatic heterocycles. The summed E-state index contributed by atoms with van der Waals surface area (Å²) in [6, 6.07) is 0. The lowest BCUT2D eigenvalue weighted by molar-refractivity contribution is -0.0834. The molecule has 1 aliphatic heterocycles. The number of H-pyrrole nitrogens is 1. The molecule has 21 heavy (non-hydrogen) atoms. The molecular weight excluding hydrogens is 400 g/mol. The second kappa shape index (κ2) is 5.75. The zero-order valence-electron chi connectivity index (χ0n) is 10.7. The van der Waals surface area contributed by atoms with Gasteiger partial charge in [0.25, 0.3) is 5.56 Å². The maximum absolute atomic E-state index is 14.3. The van der Waals surface area contributed by atoms with E-state index in [1.54, 1.807) is 22.6 Å². The molecule has 2 rings (SSSR count). The second-order valence-electron chi connectivity index (χ2n) is 4.54. The molecule has 9 nitrogen and oxygen atoms in total. The van der Waals surface area contributed by atoms with Crippen molar-refractivity contribution < 1.29 is 14.2 Å². The van der Waals surface area contributed by atoms with Crippen LogP contribution in [0.5, 0.6) is 0 Å². The molecular formula is C10H11FIN5O4. The lowest BCUT2D eigenvalue weighted by atomic mass is 10.1. The van der Waals surface area contributed by atoms with Crippen LogP contribution in [-0.4, -0.2) is 37.1 Å². The first-order chi connectivity index (χ1) is 9.86. The lowest BCUT2D eigenvalue weighted by Gasteiger charge is -2.23. The van der Waals surface area contributed by atoms with Crippen LogP contribution in [0.3, 0.4) is 0 Å². The Labute approximate surface area is 130 Å². The molecule has 0 amide bonds. The summed E-state index contributed by atoms with van der Waals surface area (Å²) < 4.78 is 20.4. The van der Waals surface area contributed by atoms with E-state index < -0.39 is 35.5 Å². The number of azide groups is 1. The van der Waals surface area contributed by atoms with E-state index in [-0.39, 0.29) is 9.99 Å². The van der Waals surface area contributed by atoms with E-state index in [0.29, 0.717) is 0 Å². The first-order valence-corrected chi connectivity index (χ1v) is 7.33. The van der Waals surface area contributed by atoms with Gasteiger partial charge in [-0.25, -0.2) is 9.18 Å². The number of aryl methyl sites for hydroxylation is 1. The second-order valence-corrected chi connectivity index (χ2v) is 5.31. The summed E-state index contributed by atoms with van der Waals surface area (Å²) in [5.74, 6) is 0. The number of rotatable bonds is 3. The number of ether oxygens (including phenoxy) is 1. The minimum atomic E-state index is -1.99. The summed E-state index contributed by atoms with van der Waals surface area (Å²) >= 11 is 1.78. The molecule has 0 saturated carbocycles.